The molecule has 0 spiro atoms. The standard InChI is InChI=1S/C26H45NO5Si/c1-10-14-20(23(28)29)18-22(32-33(8,9)26(5,6)7)21(17-19-15-12-11-13-16-19)27-24(30)31-25(2,3)4/h11-13,15-16,20-22H,10,14,17-18H2,1-9H3,(H,27,30)(H,28,29)/t20-,21+,22+/m1/s1. The van der Waals surface area contributed by atoms with Gasteiger partial charge in [-0.15, -0.1) is 0 Å². The third-order valence-corrected chi connectivity index (χ3v) is 10.7. The van der Waals surface area contributed by atoms with Crippen LogP contribution >= 0.6 is 0 Å². The third kappa shape index (κ3) is 10.3. The lowest BCUT2D eigenvalue weighted by Gasteiger charge is -2.42. The van der Waals surface area contributed by atoms with E-state index >= 15 is 0 Å². The summed E-state index contributed by atoms with van der Waals surface area (Å²) in [4.78, 5) is 24.8. The van der Waals surface area contributed by atoms with Crippen LogP contribution in [0.5, 0.6) is 0 Å². The van der Waals surface area contributed by atoms with Crippen molar-refractivity contribution in [3.05, 3.63) is 35.9 Å². The molecule has 33 heavy (non-hydrogen) atoms. The molecule has 0 aliphatic carbocycles. The van der Waals surface area contributed by atoms with Crippen LogP contribution in [-0.4, -0.2) is 43.2 Å². The quantitative estimate of drug-likeness (QED) is 0.359. The fraction of sp³-hybridized carbons (Fsp3) is 0.692. The molecule has 0 fully saturated rings. The molecule has 0 heterocycles. The molecule has 0 aliphatic heterocycles. The molecule has 0 radical (unpaired) electrons. The highest BCUT2D eigenvalue weighted by molar-refractivity contribution is 6.74. The molecule has 1 aromatic carbocycles. The molecule has 1 aromatic rings. The number of hydrogen-bond acceptors (Lipinski definition) is 4. The van der Waals surface area contributed by atoms with Crippen molar-refractivity contribution >= 4 is 20.4 Å². The monoisotopic (exact) mass is 479 g/mol. The Morgan fingerprint density at radius 3 is 2.09 bits per heavy atom. The van der Waals surface area contributed by atoms with Crippen molar-refractivity contribution in [3.8, 4) is 0 Å². The molecule has 7 heteroatoms. The van der Waals surface area contributed by atoms with Gasteiger partial charge >= 0.3 is 12.1 Å². The summed E-state index contributed by atoms with van der Waals surface area (Å²) in [6, 6.07) is 9.46. The smallest absolute Gasteiger partial charge is 0.407 e. The van der Waals surface area contributed by atoms with E-state index in [-0.39, 0.29) is 5.04 Å². The molecule has 0 aromatic heterocycles. The number of carbonyl (C=O) groups is 2. The molecule has 3 atom stereocenters. The number of carbonyl (C=O) groups excluding carboxylic acids is 1. The molecule has 1 rings (SSSR count). The average Bonchev–Trinajstić information content (AvgIpc) is 2.64. The Hall–Kier alpha value is -1.86. The number of ether oxygens (including phenoxy) is 1. The molecular weight excluding hydrogens is 434 g/mol. The summed E-state index contributed by atoms with van der Waals surface area (Å²) in [6.45, 7) is 18.2. The SMILES string of the molecule is CCC[C@H](C[C@H](O[Si](C)(C)C(C)(C)C)[C@H](Cc1ccccc1)NC(=O)OC(C)(C)C)C(=O)O. The van der Waals surface area contributed by atoms with Gasteiger partial charge in [0.15, 0.2) is 8.32 Å². The van der Waals surface area contributed by atoms with Gasteiger partial charge in [-0.05, 0) is 63.7 Å². The predicted octanol–water partition coefficient (Wildman–Crippen LogP) is 6.40. The van der Waals surface area contributed by atoms with Gasteiger partial charge in [-0.25, -0.2) is 4.79 Å². The Labute approximate surface area is 201 Å². The van der Waals surface area contributed by atoms with Crippen LogP contribution in [0.4, 0.5) is 4.79 Å². The van der Waals surface area contributed by atoms with Gasteiger partial charge in [0, 0.05) is 0 Å². The summed E-state index contributed by atoms with van der Waals surface area (Å²) < 4.78 is 12.3. The lowest BCUT2D eigenvalue weighted by atomic mass is 9.91. The first-order valence-corrected chi connectivity index (χ1v) is 14.9. The summed E-state index contributed by atoms with van der Waals surface area (Å²) in [7, 11) is -2.26. The summed E-state index contributed by atoms with van der Waals surface area (Å²) >= 11 is 0. The van der Waals surface area contributed by atoms with Crippen LogP contribution in [0.25, 0.3) is 0 Å². The zero-order valence-electron chi connectivity index (χ0n) is 22.0. The predicted molar refractivity (Wildman–Crippen MR) is 136 cm³/mol. The number of benzene rings is 1. The van der Waals surface area contributed by atoms with Gasteiger partial charge in [0.05, 0.1) is 18.1 Å². The molecule has 0 bridgehead atoms. The minimum absolute atomic E-state index is 0.0576. The Morgan fingerprint density at radius 2 is 1.64 bits per heavy atom. The number of aliphatic carboxylic acids is 1. The van der Waals surface area contributed by atoms with E-state index in [0.29, 0.717) is 19.3 Å². The van der Waals surface area contributed by atoms with Gasteiger partial charge < -0.3 is 19.6 Å². The van der Waals surface area contributed by atoms with Crippen LogP contribution in [0.2, 0.25) is 18.1 Å². The van der Waals surface area contributed by atoms with Gasteiger partial charge in [0.2, 0.25) is 0 Å². The van der Waals surface area contributed by atoms with Crippen LogP contribution in [0.1, 0.15) is 73.3 Å². The molecule has 1 amide bonds. The number of rotatable bonds is 11. The molecule has 188 valence electrons. The van der Waals surface area contributed by atoms with Crippen molar-refractivity contribution in [2.45, 2.75) is 110 Å². The number of carboxylic acids is 1. The first kappa shape index (κ1) is 29.2. The highest BCUT2D eigenvalue weighted by Gasteiger charge is 2.42. The summed E-state index contributed by atoms with van der Waals surface area (Å²) in [5.74, 6) is -1.36. The number of nitrogens with one attached hydrogen (secondary N) is 1. The molecule has 0 unspecified atom stereocenters. The second-order valence-corrected chi connectivity index (χ2v) is 16.2. The van der Waals surface area contributed by atoms with E-state index in [4.69, 9.17) is 9.16 Å². The van der Waals surface area contributed by atoms with E-state index < -0.39 is 44.0 Å². The van der Waals surface area contributed by atoms with Gasteiger partial charge in [-0.2, -0.15) is 0 Å². The normalized spacial score (nSPS) is 15.4. The zero-order valence-corrected chi connectivity index (χ0v) is 23.0. The Morgan fingerprint density at radius 1 is 1.06 bits per heavy atom. The van der Waals surface area contributed by atoms with E-state index in [1.54, 1.807) is 0 Å². The Balaban J connectivity index is 3.37. The number of carboxylic acid groups (broad SMARTS) is 1. The van der Waals surface area contributed by atoms with Crippen molar-refractivity contribution in [1.82, 2.24) is 5.32 Å². The zero-order chi connectivity index (χ0) is 25.4. The summed E-state index contributed by atoms with van der Waals surface area (Å²) in [5.41, 5.74) is 0.410. The van der Waals surface area contributed by atoms with Crippen LogP contribution < -0.4 is 5.32 Å². The minimum Gasteiger partial charge on any atom is -0.481 e. The lowest BCUT2D eigenvalue weighted by molar-refractivity contribution is -0.143. The highest BCUT2D eigenvalue weighted by Crippen LogP contribution is 2.39. The second kappa shape index (κ2) is 12.0. The Bertz CT molecular complexity index is 752. The number of alkyl carbamates (subject to hydrolysis) is 1. The maximum absolute atomic E-state index is 12.8. The van der Waals surface area contributed by atoms with E-state index in [9.17, 15) is 14.7 Å². The van der Waals surface area contributed by atoms with Crippen molar-refractivity contribution in [1.29, 1.82) is 0 Å². The number of amides is 1. The largest absolute Gasteiger partial charge is 0.481 e. The van der Waals surface area contributed by atoms with Gasteiger partial charge in [-0.3, -0.25) is 4.79 Å². The van der Waals surface area contributed by atoms with Crippen molar-refractivity contribution < 1.29 is 23.9 Å². The van der Waals surface area contributed by atoms with E-state index in [0.717, 1.165) is 12.0 Å². The van der Waals surface area contributed by atoms with Crippen molar-refractivity contribution in [2.75, 3.05) is 0 Å². The van der Waals surface area contributed by atoms with Crippen LogP contribution in [0, 0.1) is 5.92 Å². The highest BCUT2D eigenvalue weighted by atomic mass is 28.4. The van der Waals surface area contributed by atoms with Crippen molar-refractivity contribution in [3.63, 3.8) is 0 Å². The van der Waals surface area contributed by atoms with Crippen LogP contribution in [-0.2, 0) is 20.4 Å². The first-order valence-electron chi connectivity index (χ1n) is 12.0. The summed E-state index contributed by atoms with van der Waals surface area (Å²) in [5, 5.41) is 12.8. The Kier molecular flexibility index (Phi) is 10.6. The first-order chi connectivity index (χ1) is 15.1. The molecule has 0 saturated heterocycles. The molecule has 0 saturated carbocycles. The third-order valence-electron chi connectivity index (χ3n) is 6.20. The van der Waals surface area contributed by atoms with Crippen LogP contribution in [0.15, 0.2) is 30.3 Å². The van der Waals surface area contributed by atoms with Gasteiger partial charge in [0.1, 0.15) is 5.60 Å². The fourth-order valence-corrected chi connectivity index (χ4v) is 4.79. The minimum atomic E-state index is -2.26. The van der Waals surface area contributed by atoms with Crippen LogP contribution in [0.3, 0.4) is 0 Å². The molecule has 0 aliphatic rings. The van der Waals surface area contributed by atoms with Crippen molar-refractivity contribution in [2.24, 2.45) is 5.92 Å². The van der Waals surface area contributed by atoms with Gasteiger partial charge in [-0.1, -0.05) is 64.4 Å². The number of hydrogen-bond donors (Lipinski definition) is 2. The topological polar surface area (TPSA) is 84.9 Å². The van der Waals surface area contributed by atoms with E-state index in [2.05, 4.69) is 39.2 Å². The molecule has 6 nitrogen and oxygen atoms in total. The second-order valence-electron chi connectivity index (χ2n) is 11.4. The maximum atomic E-state index is 12.8. The maximum Gasteiger partial charge on any atom is 0.407 e. The summed E-state index contributed by atoms with van der Waals surface area (Å²) in [6.07, 6.45) is 1.23. The van der Waals surface area contributed by atoms with E-state index in [1.807, 2.05) is 58.0 Å². The van der Waals surface area contributed by atoms with Gasteiger partial charge in [0.25, 0.3) is 0 Å². The molecular formula is C26H45NO5Si. The molecule has 2 N–H and O–H groups in total. The van der Waals surface area contributed by atoms with E-state index in [1.165, 1.54) is 0 Å². The lowest BCUT2D eigenvalue weighted by Crippen LogP contribution is -2.54. The fourth-order valence-electron chi connectivity index (χ4n) is 3.42. The average molecular weight is 480 g/mol.